The normalized spacial score (nSPS) is 12.6. The molecule has 0 fully saturated rings. The lowest BCUT2D eigenvalue weighted by Crippen LogP contribution is -2.50. The predicted octanol–water partition coefficient (Wildman–Crippen LogP) is 2.20. The molecular formula is C18H25FN2O4. The molecule has 1 atom stereocenters. The minimum absolute atomic E-state index is 0.170. The van der Waals surface area contributed by atoms with E-state index in [1.807, 2.05) is 0 Å². The Morgan fingerprint density at radius 3 is 2.20 bits per heavy atom. The lowest BCUT2D eigenvalue weighted by atomic mass is 9.89. The molecule has 1 rings (SSSR count). The van der Waals surface area contributed by atoms with Gasteiger partial charge >= 0.3 is 5.97 Å². The molecule has 1 aromatic carbocycles. The minimum atomic E-state index is -0.946. The van der Waals surface area contributed by atoms with Crippen molar-refractivity contribution in [1.29, 1.82) is 0 Å². The zero-order valence-electron chi connectivity index (χ0n) is 14.9. The van der Waals surface area contributed by atoms with Gasteiger partial charge in [0, 0.05) is 12.1 Å². The van der Waals surface area contributed by atoms with Gasteiger partial charge in [-0.1, -0.05) is 13.8 Å². The first-order valence-corrected chi connectivity index (χ1v) is 8.12. The third-order valence-corrected chi connectivity index (χ3v) is 3.97. The van der Waals surface area contributed by atoms with Crippen molar-refractivity contribution >= 4 is 17.8 Å². The molecule has 0 radical (unpaired) electrons. The number of carboxylic acid groups (broad SMARTS) is 1. The highest BCUT2D eigenvalue weighted by Crippen LogP contribution is 2.19. The Kier molecular flexibility index (Phi) is 7.09. The van der Waals surface area contributed by atoms with Crippen LogP contribution in [0.15, 0.2) is 24.3 Å². The summed E-state index contributed by atoms with van der Waals surface area (Å²) >= 11 is 0. The van der Waals surface area contributed by atoms with Crippen LogP contribution in [0.3, 0.4) is 0 Å². The molecule has 2 amide bonds. The number of carbonyl (C=O) groups excluding carboxylic acids is 2. The van der Waals surface area contributed by atoms with E-state index in [1.54, 1.807) is 27.7 Å². The number of carboxylic acids is 1. The van der Waals surface area contributed by atoms with Gasteiger partial charge in [0.2, 0.25) is 5.91 Å². The average molecular weight is 352 g/mol. The SMILES string of the molecule is CC(C)C(NC(=O)c1ccc(F)cc1)C(=O)NCCC(C)(C)C(=O)O. The van der Waals surface area contributed by atoms with E-state index in [2.05, 4.69) is 10.6 Å². The Balaban J connectivity index is 2.66. The zero-order chi connectivity index (χ0) is 19.2. The van der Waals surface area contributed by atoms with Gasteiger partial charge in [0.25, 0.3) is 5.91 Å². The Hall–Kier alpha value is -2.44. The van der Waals surface area contributed by atoms with Gasteiger partial charge in [-0.2, -0.15) is 0 Å². The van der Waals surface area contributed by atoms with Gasteiger partial charge in [-0.3, -0.25) is 14.4 Å². The van der Waals surface area contributed by atoms with Crippen molar-refractivity contribution in [2.24, 2.45) is 11.3 Å². The van der Waals surface area contributed by atoms with Crippen LogP contribution in [0.1, 0.15) is 44.5 Å². The Labute approximate surface area is 146 Å². The summed E-state index contributed by atoms with van der Waals surface area (Å²) in [5.41, 5.74) is -0.690. The molecule has 25 heavy (non-hydrogen) atoms. The van der Waals surface area contributed by atoms with E-state index < -0.39 is 29.2 Å². The molecule has 1 aromatic rings. The molecule has 0 aromatic heterocycles. The van der Waals surface area contributed by atoms with Gasteiger partial charge in [0.1, 0.15) is 11.9 Å². The summed E-state index contributed by atoms with van der Waals surface area (Å²) in [6, 6.07) is 4.26. The first-order valence-electron chi connectivity index (χ1n) is 8.12. The largest absolute Gasteiger partial charge is 0.481 e. The number of benzene rings is 1. The second-order valence-corrected chi connectivity index (χ2v) is 6.93. The highest BCUT2D eigenvalue weighted by Gasteiger charge is 2.28. The fraction of sp³-hybridized carbons (Fsp3) is 0.500. The fourth-order valence-electron chi connectivity index (χ4n) is 2.08. The van der Waals surface area contributed by atoms with Crippen molar-refractivity contribution in [3.05, 3.63) is 35.6 Å². The molecule has 0 spiro atoms. The summed E-state index contributed by atoms with van der Waals surface area (Å²) < 4.78 is 12.9. The van der Waals surface area contributed by atoms with Crippen LogP contribution in [-0.2, 0) is 9.59 Å². The summed E-state index contributed by atoms with van der Waals surface area (Å²) in [5, 5.41) is 14.4. The van der Waals surface area contributed by atoms with E-state index in [4.69, 9.17) is 5.11 Å². The van der Waals surface area contributed by atoms with Crippen LogP contribution in [0.5, 0.6) is 0 Å². The lowest BCUT2D eigenvalue weighted by molar-refractivity contribution is -0.147. The highest BCUT2D eigenvalue weighted by molar-refractivity contribution is 5.97. The number of halogens is 1. The van der Waals surface area contributed by atoms with Crippen LogP contribution in [-0.4, -0.2) is 35.5 Å². The number of carbonyl (C=O) groups is 3. The van der Waals surface area contributed by atoms with Crippen LogP contribution in [0, 0.1) is 17.2 Å². The van der Waals surface area contributed by atoms with Crippen LogP contribution in [0.25, 0.3) is 0 Å². The fourth-order valence-corrected chi connectivity index (χ4v) is 2.08. The number of rotatable bonds is 8. The van der Waals surface area contributed by atoms with Gasteiger partial charge < -0.3 is 15.7 Å². The topological polar surface area (TPSA) is 95.5 Å². The van der Waals surface area contributed by atoms with E-state index in [1.165, 1.54) is 24.3 Å². The summed E-state index contributed by atoms with van der Waals surface area (Å²) in [6.07, 6.45) is 0.269. The molecule has 7 heteroatoms. The molecule has 0 aliphatic carbocycles. The molecule has 0 bridgehead atoms. The molecule has 0 heterocycles. The molecule has 0 saturated carbocycles. The van der Waals surface area contributed by atoms with Crippen molar-refractivity contribution in [2.45, 2.75) is 40.2 Å². The van der Waals surface area contributed by atoms with Crippen molar-refractivity contribution in [3.8, 4) is 0 Å². The van der Waals surface area contributed by atoms with Crippen LogP contribution in [0.2, 0.25) is 0 Å². The Morgan fingerprint density at radius 1 is 1.16 bits per heavy atom. The summed E-state index contributed by atoms with van der Waals surface area (Å²) in [5.74, 6) is -2.41. The highest BCUT2D eigenvalue weighted by atomic mass is 19.1. The zero-order valence-corrected chi connectivity index (χ0v) is 14.9. The summed E-state index contributed by atoms with van der Waals surface area (Å²) in [6.45, 7) is 6.93. The van der Waals surface area contributed by atoms with E-state index in [0.29, 0.717) is 0 Å². The third kappa shape index (κ3) is 6.17. The quantitative estimate of drug-likeness (QED) is 0.668. The Bertz CT molecular complexity index is 626. The van der Waals surface area contributed by atoms with Gasteiger partial charge in [0.05, 0.1) is 5.41 Å². The smallest absolute Gasteiger partial charge is 0.309 e. The molecule has 3 N–H and O–H groups in total. The van der Waals surface area contributed by atoms with Crippen molar-refractivity contribution in [3.63, 3.8) is 0 Å². The number of aliphatic carboxylic acids is 1. The lowest BCUT2D eigenvalue weighted by Gasteiger charge is -2.23. The van der Waals surface area contributed by atoms with Crippen molar-refractivity contribution < 1.29 is 23.9 Å². The van der Waals surface area contributed by atoms with Crippen LogP contribution < -0.4 is 10.6 Å². The summed E-state index contributed by atoms with van der Waals surface area (Å²) in [4.78, 5) is 35.6. The van der Waals surface area contributed by atoms with Crippen LogP contribution in [0.4, 0.5) is 4.39 Å². The molecule has 0 saturated heterocycles. The molecule has 0 aliphatic heterocycles. The molecule has 138 valence electrons. The maximum atomic E-state index is 12.9. The average Bonchev–Trinajstić information content (AvgIpc) is 2.52. The second kappa shape index (κ2) is 8.60. The first-order chi connectivity index (χ1) is 11.5. The van der Waals surface area contributed by atoms with E-state index in [9.17, 15) is 18.8 Å². The van der Waals surface area contributed by atoms with Crippen LogP contribution >= 0.6 is 0 Å². The molecule has 1 unspecified atom stereocenters. The van der Waals surface area contributed by atoms with Crippen molar-refractivity contribution in [2.75, 3.05) is 6.54 Å². The number of hydrogen-bond acceptors (Lipinski definition) is 3. The summed E-state index contributed by atoms with van der Waals surface area (Å²) in [7, 11) is 0. The number of amides is 2. The molecule has 0 aliphatic rings. The Morgan fingerprint density at radius 2 is 1.72 bits per heavy atom. The monoisotopic (exact) mass is 352 g/mol. The maximum Gasteiger partial charge on any atom is 0.309 e. The third-order valence-electron chi connectivity index (χ3n) is 3.97. The van der Waals surface area contributed by atoms with Gasteiger partial charge in [-0.15, -0.1) is 0 Å². The maximum absolute atomic E-state index is 12.9. The second-order valence-electron chi connectivity index (χ2n) is 6.93. The van der Waals surface area contributed by atoms with Gasteiger partial charge in [-0.05, 0) is 50.5 Å². The van der Waals surface area contributed by atoms with Gasteiger partial charge in [-0.25, -0.2) is 4.39 Å². The number of nitrogens with one attached hydrogen (secondary N) is 2. The van der Waals surface area contributed by atoms with E-state index in [-0.39, 0.29) is 30.4 Å². The van der Waals surface area contributed by atoms with Crippen molar-refractivity contribution in [1.82, 2.24) is 10.6 Å². The van der Waals surface area contributed by atoms with Gasteiger partial charge in [0.15, 0.2) is 0 Å². The standard InChI is InChI=1S/C18H25FN2O4/c1-11(2)14(16(23)20-10-9-18(3,4)17(24)25)21-15(22)12-5-7-13(19)8-6-12/h5-8,11,14H,9-10H2,1-4H3,(H,20,23)(H,21,22)(H,24,25). The minimum Gasteiger partial charge on any atom is -0.481 e. The van der Waals surface area contributed by atoms with E-state index in [0.717, 1.165) is 0 Å². The number of hydrogen-bond donors (Lipinski definition) is 3. The first kappa shape index (κ1) is 20.6. The van der Waals surface area contributed by atoms with E-state index >= 15 is 0 Å². The predicted molar refractivity (Wildman–Crippen MR) is 91.5 cm³/mol. The molecule has 6 nitrogen and oxygen atoms in total. The molecular weight excluding hydrogens is 327 g/mol.